The Morgan fingerprint density at radius 3 is 2.04 bits per heavy atom. The van der Waals surface area contributed by atoms with E-state index in [2.05, 4.69) is 5.32 Å². The van der Waals surface area contributed by atoms with Crippen LogP contribution in [0.5, 0.6) is 0 Å². The molecular weight excluding hydrogens is 301 g/mol. The summed E-state index contributed by atoms with van der Waals surface area (Å²) in [5.74, 6) is -0.371. The van der Waals surface area contributed by atoms with Crippen molar-refractivity contribution in [1.82, 2.24) is 5.32 Å². The number of rotatable bonds is 3. The zero-order valence-corrected chi connectivity index (χ0v) is 16.2. The summed E-state index contributed by atoms with van der Waals surface area (Å²) in [6, 6.07) is 8.03. The summed E-state index contributed by atoms with van der Waals surface area (Å²) in [6.07, 6.45) is 0. The predicted molar refractivity (Wildman–Crippen MR) is 97.6 cm³/mol. The molecule has 1 saturated heterocycles. The smallest absolute Gasteiger partial charge is 0.402 e. The van der Waals surface area contributed by atoms with E-state index in [0.717, 1.165) is 11.1 Å². The van der Waals surface area contributed by atoms with Crippen molar-refractivity contribution < 1.29 is 14.1 Å². The Morgan fingerprint density at radius 1 is 1.08 bits per heavy atom. The van der Waals surface area contributed by atoms with E-state index in [0.29, 0.717) is 0 Å². The summed E-state index contributed by atoms with van der Waals surface area (Å²) in [6.45, 7) is 15.8. The summed E-state index contributed by atoms with van der Waals surface area (Å²) in [7, 11) is -0.526. The standard InChI is InChI=1S/C19H30BNO3/c1-13-11-9-10-12-14(13)15(21-16(22)17(2,3)4)20-23-18(5,6)19(7,8)24-20/h9-12,15H,1-8H3,(H,21,22)/t15-/m0/s1. The number of nitrogens with one attached hydrogen (secondary N) is 1. The molecular formula is C19H30BNO3. The maximum atomic E-state index is 12.6. The Labute approximate surface area is 146 Å². The number of hydrogen-bond acceptors (Lipinski definition) is 3. The van der Waals surface area contributed by atoms with Crippen LogP contribution >= 0.6 is 0 Å². The summed E-state index contributed by atoms with van der Waals surface area (Å²) in [4.78, 5) is 12.6. The Kier molecular flexibility index (Phi) is 4.91. The van der Waals surface area contributed by atoms with Crippen molar-refractivity contribution in [2.24, 2.45) is 5.41 Å². The van der Waals surface area contributed by atoms with Gasteiger partial charge in [0, 0.05) is 5.41 Å². The molecule has 0 unspecified atom stereocenters. The average Bonchev–Trinajstić information content (AvgIpc) is 2.64. The molecule has 0 aliphatic carbocycles. The van der Waals surface area contributed by atoms with Crippen molar-refractivity contribution >= 4 is 13.0 Å². The van der Waals surface area contributed by atoms with Gasteiger partial charge in [-0.25, -0.2) is 0 Å². The lowest BCUT2D eigenvalue weighted by Crippen LogP contribution is -2.45. The Bertz CT molecular complexity index is 603. The fourth-order valence-electron chi connectivity index (χ4n) is 2.61. The fourth-order valence-corrected chi connectivity index (χ4v) is 2.61. The molecule has 0 radical (unpaired) electrons. The number of amides is 1. The van der Waals surface area contributed by atoms with Gasteiger partial charge in [-0.1, -0.05) is 45.0 Å². The molecule has 0 saturated carbocycles. The van der Waals surface area contributed by atoms with Crippen LogP contribution in [-0.2, 0) is 14.1 Å². The van der Waals surface area contributed by atoms with Gasteiger partial charge < -0.3 is 14.6 Å². The van der Waals surface area contributed by atoms with E-state index >= 15 is 0 Å². The van der Waals surface area contributed by atoms with Gasteiger partial charge in [0.1, 0.15) is 0 Å². The lowest BCUT2D eigenvalue weighted by molar-refractivity contribution is -0.129. The van der Waals surface area contributed by atoms with Crippen LogP contribution in [0.3, 0.4) is 0 Å². The summed E-state index contributed by atoms with van der Waals surface area (Å²) >= 11 is 0. The minimum atomic E-state index is -0.526. The first-order valence-corrected chi connectivity index (χ1v) is 8.57. The van der Waals surface area contributed by atoms with Crippen molar-refractivity contribution in [3.05, 3.63) is 35.4 Å². The number of benzene rings is 1. The molecule has 1 heterocycles. The van der Waals surface area contributed by atoms with Crippen LogP contribution in [0.4, 0.5) is 0 Å². The third-order valence-electron chi connectivity index (χ3n) is 5.03. The minimum Gasteiger partial charge on any atom is -0.402 e. The monoisotopic (exact) mass is 331 g/mol. The molecule has 1 aliphatic rings. The van der Waals surface area contributed by atoms with Crippen molar-refractivity contribution in [3.63, 3.8) is 0 Å². The zero-order chi connectivity index (χ0) is 18.3. The minimum absolute atomic E-state index is 0.0227. The van der Waals surface area contributed by atoms with E-state index in [4.69, 9.17) is 9.31 Å². The molecule has 1 amide bonds. The quantitative estimate of drug-likeness (QED) is 0.857. The molecule has 0 aromatic heterocycles. The maximum absolute atomic E-state index is 12.6. The molecule has 0 bridgehead atoms. The molecule has 4 nitrogen and oxygen atoms in total. The molecule has 1 fully saturated rings. The zero-order valence-electron chi connectivity index (χ0n) is 16.2. The highest BCUT2D eigenvalue weighted by Crippen LogP contribution is 2.40. The fraction of sp³-hybridized carbons (Fsp3) is 0.632. The third-order valence-corrected chi connectivity index (χ3v) is 5.03. The number of carbonyl (C=O) groups excluding carboxylic acids is 1. The molecule has 1 aromatic carbocycles. The molecule has 1 atom stereocenters. The summed E-state index contributed by atoms with van der Waals surface area (Å²) < 4.78 is 12.4. The van der Waals surface area contributed by atoms with E-state index in [-0.39, 0.29) is 11.8 Å². The first-order chi connectivity index (χ1) is 10.8. The maximum Gasteiger partial charge on any atom is 0.486 e. The van der Waals surface area contributed by atoms with Crippen molar-refractivity contribution in [2.75, 3.05) is 0 Å². The first kappa shape index (κ1) is 19.0. The summed E-state index contributed by atoms with van der Waals surface area (Å²) in [5.41, 5.74) is 0.765. The van der Waals surface area contributed by atoms with E-state index in [1.807, 2.05) is 79.7 Å². The molecule has 1 aliphatic heterocycles. The van der Waals surface area contributed by atoms with Crippen molar-refractivity contribution in [1.29, 1.82) is 0 Å². The average molecular weight is 331 g/mol. The van der Waals surface area contributed by atoms with Crippen LogP contribution in [0.25, 0.3) is 0 Å². The molecule has 5 heteroatoms. The van der Waals surface area contributed by atoms with Gasteiger partial charge in [0.15, 0.2) is 0 Å². The second kappa shape index (κ2) is 6.19. The van der Waals surface area contributed by atoms with Crippen molar-refractivity contribution in [2.45, 2.75) is 72.5 Å². The second-order valence-electron chi connectivity index (χ2n) is 8.68. The molecule has 132 valence electrons. The Balaban J connectivity index is 2.38. The van der Waals surface area contributed by atoms with Crippen LogP contribution in [-0.4, -0.2) is 24.2 Å². The van der Waals surface area contributed by atoms with Gasteiger partial charge >= 0.3 is 7.12 Å². The predicted octanol–water partition coefficient (Wildman–Crippen LogP) is 3.83. The van der Waals surface area contributed by atoms with Crippen LogP contribution in [0.1, 0.15) is 65.5 Å². The van der Waals surface area contributed by atoms with Crippen LogP contribution in [0.15, 0.2) is 24.3 Å². The summed E-state index contributed by atoms with van der Waals surface area (Å²) in [5, 5.41) is 3.14. The van der Waals surface area contributed by atoms with Gasteiger partial charge in [-0.15, -0.1) is 0 Å². The van der Waals surface area contributed by atoms with Gasteiger partial charge in [0.25, 0.3) is 0 Å². The highest BCUT2D eigenvalue weighted by Gasteiger charge is 2.54. The van der Waals surface area contributed by atoms with Crippen LogP contribution < -0.4 is 5.32 Å². The highest BCUT2D eigenvalue weighted by molar-refractivity contribution is 6.48. The number of aryl methyl sites for hydroxylation is 1. The van der Waals surface area contributed by atoms with Gasteiger partial charge in [-0.3, -0.25) is 4.79 Å². The molecule has 2 rings (SSSR count). The molecule has 24 heavy (non-hydrogen) atoms. The number of hydrogen-bond donors (Lipinski definition) is 1. The number of carbonyl (C=O) groups is 1. The van der Waals surface area contributed by atoms with E-state index in [1.165, 1.54) is 0 Å². The first-order valence-electron chi connectivity index (χ1n) is 8.57. The lowest BCUT2D eigenvalue weighted by Gasteiger charge is -2.32. The SMILES string of the molecule is Cc1ccccc1[C@H](NC(=O)C(C)(C)C)B1OC(C)(C)C(C)(C)O1. The van der Waals surface area contributed by atoms with E-state index < -0.39 is 23.7 Å². The normalized spacial score (nSPS) is 20.8. The van der Waals surface area contributed by atoms with Crippen LogP contribution in [0.2, 0.25) is 0 Å². The van der Waals surface area contributed by atoms with Gasteiger partial charge in [-0.05, 0) is 45.7 Å². The molecule has 1 aromatic rings. The van der Waals surface area contributed by atoms with E-state index in [9.17, 15) is 4.79 Å². The molecule has 1 N–H and O–H groups in total. The molecule has 0 spiro atoms. The van der Waals surface area contributed by atoms with Crippen molar-refractivity contribution in [3.8, 4) is 0 Å². The van der Waals surface area contributed by atoms with Gasteiger partial charge in [0.2, 0.25) is 5.91 Å². The van der Waals surface area contributed by atoms with Gasteiger partial charge in [0.05, 0.1) is 17.1 Å². The lowest BCUT2D eigenvalue weighted by atomic mass is 9.72. The second-order valence-corrected chi connectivity index (χ2v) is 8.68. The van der Waals surface area contributed by atoms with Crippen LogP contribution in [0, 0.1) is 12.3 Å². The Hall–Kier alpha value is -1.33. The topological polar surface area (TPSA) is 47.6 Å². The highest BCUT2D eigenvalue weighted by atomic mass is 16.7. The van der Waals surface area contributed by atoms with E-state index in [1.54, 1.807) is 0 Å². The van der Waals surface area contributed by atoms with Gasteiger partial charge in [-0.2, -0.15) is 0 Å². The Morgan fingerprint density at radius 2 is 1.58 bits per heavy atom. The largest absolute Gasteiger partial charge is 0.486 e. The third kappa shape index (κ3) is 3.67.